The first-order valence-corrected chi connectivity index (χ1v) is 11.8. The highest BCUT2D eigenvalue weighted by atomic mass is 32.2. The Morgan fingerprint density at radius 2 is 1.66 bits per heavy atom. The highest BCUT2D eigenvalue weighted by molar-refractivity contribution is 7.89. The number of quaternary nitrogens is 1. The molecule has 29 heavy (non-hydrogen) atoms. The average Bonchev–Trinajstić information content (AvgIpc) is 2.93. The first-order chi connectivity index (χ1) is 13.8. The van der Waals surface area contributed by atoms with Gasteiger partial charge < -0.3 is 10.2 Å². The Bertz CT molecular complexity index is 886. The number of benzene rings is 1. The maximum absolute atomic E-state index is 12.9. The fraction of sp³-hybridized carbons (Fsp3) is 0.600. The highest BCUT2D eigenvalue weighted by Gasteiger charge is 2.52. The van der Waals surface area contributed by atoms with Crippen molar-refractivity contribution in [3.63, 3.8) is 0 Å². The van der Waals surface area contributed by atoms with Crippen molar-refractivity contribution in [1.82, 2.24) is 14.5 Å². The second-order valence-electron chi connectivity index (χ2n) is 8.43. The second-order valence-corrected chi connectivity index (χ2v) is 10.4. The maximum atomic E-state index is 12.9. The van der Waals surface area contributed by atoms with E-state index in [0.717, 1.165) is 29.7 Å². The molecular formula is C20H29N4O4S+. The summed E-state index contributed by atoms with van der Waals surface area (Å²) in [6.45, 7) is 4.10. The zero-order valence-electron chi connectivity index (χ0n) is 16.8. The molecule has 2 N–H and O–H groups in total. The topological polar surface area (TPSA) is 91.2 Å². The molecule has 8 nitrogen and oxygen atoms in total. The molecule has 2 aliphatic heterocycles. The Balaban J connectivity index is 1.37. The Hall–Kier alpha value is -1.97. The zero-order valence-corrected chi connectivity index (χ0v) is 17.6. The van der Waals surface area contributed by atoms with Crippen molar-refractivity contribution in [3.05, 3.63) is 29.8 Å². The van der Waals surface area contributed by atoms with Gasteiger partial charge in [-0.1, -0.05) is 37.0 Å². The summed E-state index contributed by atoms with van der Waals surface area (Å²) in [5.41, 5.74) is 0.313. The van der Waals surface area contributed by atoms with Gasteiger partial charge >= 0.3 is 6.03 Å². The minimum atomic E-state index is -3.51. The quantitative estimate of drug-likeness (QED) is 0.675. The van der Waals surface area contributed by atoms with Gasteiger partial charge in [-0.25, -0.2) is 18.1 Å². The van der Waals surface area contributed by atoms with Crippen LogP contribution in [0.15, 0.2) is 29.2 Å². The third-order valence-electron chi connectivity index (χ3n) is 6.42. The molecule has 3 fully saturated rings. The Kier molecular flexibility index (Phi) is 5.39. The number of nitrogens with zero attached hydrogens (tertiary/aromatic N) is 2. The van der Waals surface area contributed by atoms with Gasteiger partial charge in [0.2, 0.25) is 10.0 Å². The summed E-state index contributed by atoms with van der Waals surface area (Å²) < 4.78 is 27.2. The molecule has 2 heterocycles. The molecule has 0 radical (unpaired) electrons. The van der Waals surface area contributed by atoms with E-state index < -0.39 is 15.6 Å². The number of carbonyl (C=O) groups is 2. The van der Waals surface area contributed by atoms with E-state index in [1.54, 1.807) is 24.3 Å². The predicted molar refractivity (Wildman–Crippen MR) is 107 cm³/mol. The molecule has 0 unspecified atom stereocenters. The van der Waals surface area contributed by atoms with Crippen molar-refractivity contribution < 1.29 is 22.9 Å². The molecule has 1 aliphatic carbocycles. The summed E-state index contributed by atoms with van der Waals surface area (Å²) in [6, 6.07) is 6.57. The molecular weight excluding hydrogens is 392 g/mol. The summed E-state index contributed by atoms with van der Waals surface area (Å²) in [5, 5.41) is 2.94. The molecule has 158 valence electrons. The first kappa shape index (κ1) is 20.3. The van der Waals surface area contributed by atoms with E-state index in [4.69, 9.17) is 0 Å². The molecule has 9 heteroatoms. The van der Waals surface area contributed by atoms with E-state index in [0.29, 0.717) is 50.6 Å². The number of amides is 3. The number of aryl methyl sites for hydroxylation is 1. The summed E-state index contributed by atoms with van der Waals surface area (Å²) >= 11 is 0. The van der Waals surface area contributed by atoms with Crippen molar-refractivity contribution in [3.8, 4) is 0 Å². The molecule has 1 aromatic rings. The zero-order chi connectivity index (χ0) is 20.6. The summed E-state index contributed by atoms with van der Waals surface area (Å²) in [7, 11) is -3.51. The van der Waals surface area contributed by atoms with Crippen molar-refractivity contribution in [2.24, 2.45) is 0 Å². The molecule has 0 bridgehead atoms. The summed E-state index contributed by atoms with van der Waals surface area (Å²) in [5.74, 6) is -0.107. The molecule has 1 saturated carbocycles. The normalized spacial score (nSPS) is 23.6. The van der Waals surface area contributed by atoms with Gasteiger partial charge in [-0.05, 0) is 31.9 Å². The molecule has 3 aliphatic rings. The number of carbonyl (C=O) groups excluding carboxylic acids is 2. The third-order valence-corrected chi connectivity index (χ3v) is 8.34. The van der Waals surface area contributed by atoms with Gasteiger partial charge in [-0.3, -0.25) is 4.79 Å². The van der Waals surface area contributed by atoms with Crippen LogP contribution >= 0.6 is 0 Å². The smallest absolute Gasteiger partial charge is 0.323 e. The summed E-state index contributed by atoms with van der Waals surface area (Å²) in [4.78, 5) is 28.1. The minimum Gasteiger partial charge on any atom is -0.323 e. The number of urea groups is 1. The monoisotopic (exact) mass is 421 g/mol. The Morgan fingerprint density at radius 3 is 2.28 bits per heavy atom. The van der Waals surface area contributed by atoms with Crippen LogP contribution in [-0.4, -0.2) is 67.9 Å². The Morgan fingerprint density at radius 1 is 1.03 bits per heavy atom. The van der Waals surface area contributed by atoms with Crippen LogP contribution in [0, 0.1) is 6.92 Å². The highest BCUT2D eigenvalue weighted by Crippen LogP contribution is 2.33. The van der Waals surface area contributed by atoms with E-state index in [1.807, 2.05) is 6.92 Å². The number of rotatable bonds is 4. The van der Waals surface area contributed by atoms with Crippen LogP contribution in [0.4, 0.5) is 4.79 Å². The van der Waals surface area contributed by atoms with Crippen molar-refractivity contribution in [2.45, 2.75) is 49.5 Å². The van der Waals surface area contributed by atoms with Gasteiger partial charge in [0.1, 0.15) is 5.54 Å². The van der Waals surface area contributed by atoms with Crippen LogP contribution in [-0.2, 0) is 14.8 Å². The largest absolute Gasteiger partial charge is 0.329 e. The van der Waals surface area contributed by atoms with Gasteiger partial charge in [-0.2, -0.15) is 4.31 Å². The van der Waals surface area contributed by atoms with Gasteiger partial charge in [0.05, 0.1) is 31.1 Å². The van der Waals surface area contributed by atoms with Crippen LogP contribution in [0.1, 0.15) is 37.7 Å². The van der Waals surface area contributed by atoms with Gasteiger partial charge in [0.25, 0.3) is 5.91 Å². The molecule has 4 rings (SSSR count). The van der Waals surface area contributed by atoms with Gasteiger partial charge in [0, 0.05) is 0 Å². The fourth-order valence-electron chi connectivity index (χ4n) is 4.60. The van der Waals surface area contributed by atoms with Crippen LogP contribution in [0.5, 0.6) is 0 Å². The molecule has 0 aromatic heterocycles. The second kappa shape index (κ2) is 7.70. The molecule has 3 amide bonds. The number of sulfonamides is 1. The number of imide groups is 1. The first-order valence-electron chi connectivity index (χ1n) is 10.4. The predicted octanol–water partition coefficient (Wildman–Crippen LogP) is 0.0964. The third kappa shape index (κ3) is 3.78. The van der Waals surface area contributed by atoms with Crippen LogP contribution in [0.2, 0.25) is 0 Å². The molecule has 1 spiro atoms. The number of hydrogen-bond acceptors (Lipinski definition) is 4. The lowest BCUT2D eigenvalue weighted by Crippen LogP contribution is -3.16. The lowest BCUT2D eigenvalue weighted by Gasteiger charge is -2.33. The van der Waals surface area contributed by atoms with Crippen molar-refractivity contribution in [1.29, 1.82) is 0 Å². The molecule has 2 saturated heterocycles. The van der Waals surface area contributed by atoms with Crippen LogP contribution in [0.25, 0.3) is 0 Å². The Labute approximate surface area is 171 Å². The SMILES string of the molecule is Cc1ccc(S(=O)(=O)N2CC[NH+](CN3C(=O)NC4(CCCCC4)C3=O)CC2)cc1. The fourth-order valence-corrected chi connectivity index (χ4v) is 6.04. The van der Waals surface area contributed by atoms with E-state index in [1.165, 1.54) is 9.21 Å². The average molecular weight is 422 g/mol. The standard InChI is InChI=1S/C20H28N4O4S/c1-16-5-7-17(8-6-16)29(27,28)23-13-11-22(12-14-23)15-24-18(25)20(21-19(24)26)9-3-2-4-10-20/h5-8H,2-4,9-15H2,1H3,(H,21,26)/p+1. The summed E-state index contributed by atoms with van der Waals surface area (Å²) in [6.07, 6.45) is 4.45. The van der Waals surface area contributed by atoms with Gasteiger partial charge in [0.15, 0.2) is 6.67 Å². The van der Waals surface area contributed by atoms with E-state index in [2.05, 4.69) is 5.32 Å². The molecule has 0 atom stereocenters. The number of nitrogens with one attached hydrogen (secondary N) is 2. The number of piperazine rings is 1. The van der Waals surface area contributed by atoms with Crippen molar-refractivity contribution >= 4 is 22.0 Å². The maximum Gasteiger partial charge on any atom is 0.329 e. The van der Waals surface area contributed by atoms with E-state index >= 15 is 0 Å². The van der Waals surface area contributed by atoms with Gasteiger partial charge in [-0.15, -0.1) is 0 Å². The van der Waals surface area contributed by atoms with Crippen LogP contribution < -0.4 is 10.2 Å². The number of hydrogen-bond donors (Lipinski definition) is 2. The minimum absolute atomic E-state index is 0.107. The van der Waals surface area contributed by atoms with E-state index in [-0.39, 0.29) is 11.9 Å². The lowest BCUT2D eigenvalue weighted by atomic mass is 9.82. The van der Waals surface area contributed by atoms with E-state index in [9.17, 15) is 18.0 Å². The molecule has 1 aromatic carbocycles. The lowest BCUT2D eigenvalue weighted by molar-refractivity contribution is -0.910. The van der Waals surface area contributed by atoms with Crippen molar-refractivity contribution in [2.75, 3.05) is 32.8 Å². The van der Waals surface area contributed by atoms with Crippen LogP contribution in [0.3, 0.4) is 0 Å².